The van der Waals surface area contributed by atoms with Gasteiger partial charge in [-0.1, -0.05) is 48.5 Å². The molecular weight excluding hydrogens is 364 g/mol. The van der Waals surface area contributed by atoms with Gasteiger partial charge in [0.1, 0.15) is 5.76 Å². The van der Waals surface area contributed by atoms with Gasteiger partial charge in [0.05, 0.1) is 24.9 Å². The normalized spacial score (nSPS) is 10.5. The number of furan rings is 1. The first-order valence-corrected chi connectivity index (χ1v) is 9.29. The van der Waals surface area contributed by atoms with E-state index in [1.807, 2.05) is 53.4 Å². The summed E-state index contributed by atoms with van der Waals surface area (Å²) in [5.41, 5.74) is 2.51. The highest BCUT2D eigenvalue weighted by Crippen LogP contribution is 2.24. The Hall–Kier alpha value is -3.93. The molecule has 0 spiro atoms. The fourth-order valence-corrected chi connectivity index (χ4v) is 2.91. The summed E-state index contributed by atoms with van der Waals surface area (Å²) in [4.78, 5) is 23.2. The van der Waals surface area contributed by atoms with Crippen molar-refractivity contribution in [3.63, 3.8) is 0 Å². The summed E-state index contributed by atoms with van der Waals surface area (Å²) in [5.74, 6) is 0.971. The van der Waals surface area contributed by atoms with Gasteiger partial charge < -0.3 is 14.6 Å². The van der Waals surface area contributed by atoms with Crippen LogP contribution in [0.4, 0.5) is 11.6 Å². The van der Waals surface area contributed by atoms with Crippen LogP contribution in [0.1, 0.15) is 21.7 Å². The number of carbonyl (C=O) groups is 1. The molecule has 0 radical (unpaired) electrons. The number of rotatable bonds is 7. The Labute approximate surface area is 168 Å². The Kier molecular flexibility index (Phi) is 5.62. The van der Waals surface area contributed by atoms with E-state index >= 15 is 0 Å². The Morgan fingerprint density at radius 1 is 0.897 bits per heavy atom. The third kappa shape index (κ3) is 4.68. The number of para-hydroxylation sites is 1. The van der Waals surface area contributed by atoms with Crippen molar-refractivity contribution < 1.29 is 9.21 Å². The zero-order valence-corrected chi connectivity index (χ0v) is 15.7. The summed E-state index contributed by atoms with van der Waals surface area (Å²) in [6.07, 6.45) is 4.66. The van der Waals surface area contributed by atoms with E-state index in [0.717, 1.165) is 11.3 Å². The van der Waals surface area contributed by atoms with E-state index in [-0.39, 0.29) is 5.91 Å². The molecule has 6 nitrogen and oxygen atoms in total. The van der Waals surface area contributed by atoms with Crippen LogP contribution in [-0.4, -0.2) is 15.9 Å². The quantitative estimate of drug-likeness (QED) is 0.513. The number of hydrogen-bond acceptors (Lipinski definition) is 5. The molecule has 4 aromatic rings. The van der Waals surface area contributed by atoms with Crippen LogP contribution in [0.2, 0.25) is 0 Å². The summed E-state index contributed by atoms with van der Waals surface area (Å²) in [5, 5.41) is 2.80. The lowest BCUT2D eigenvalue weighted by molar-refractivity contribution is 0.0947. The molecule has 0 aliphatic heterocycles. The summed E-state index contributed by atoms with van der Waals surface area (Å²) >= 11 is 0. The first kappa shape index (κ1) is 18.4. The third-order valence-electron chi connectivity index (χ3n) is 4.40. The largest absolute Gasteiger partial charge is 0.467 e. The Morgan fingerprint density at radius 2 is 1.59 bits per heavy atom. The molecule has 2 heterocycles. The number of nitrogens with one attached hydrogen (secondary N) is 1. The lowest BCUT2D eigenvalue weighted by Gasteiger charge is -2.23. The highest BCUT2D eigenvalue weighted by molar-refractivity contribution is 5.93. The van der Waals surface area contributed by atoms with Crippen molar-refractivity contribution in [1.29, 1.82) is 0 Å². The second-order valence-corrected chi connectivity index (χ2v) is 6.44. The molecule has 0 aliphatic rings. The zero-order chi connectivity index (χ0) is 19.9. The molecule has 144 valence electrons. The molecule has 6 heteroatoms. The number of aromatic nitrogens is 2. The fourth-order valence-electron chi connectivity index (χ4n) is 2.91. The Bertz CT molecular complexity index is 1030. The summed E-state index contributed by atoms with van der Waals surface area (Å²) in [6, 6.07) is 23.7. The SMILES string of the molecule is O=C(NCc1ccco1)c1cnc(N(Cc2ccccc2)c2ccccc2)nc1. The van der Waals surface area contributed by atoms with E-state index < -0.39 is 0 Å². The van der Waals surface area contributed by atoms with E-state index in [9.17, 15) is 4.79 Å². The van der Waals surface area contributed by atoms with Crippen molar-refractivity contribution in [2.75, 3.05) is 4.90 Å². The summed E-state index contributed by atoms with van der Waals surface area (Å²) < 4.78 is 5.22. The molecule has 0 unspecified atom stereocenters. The minimum atomic E-state index is -0.248. The van der Waals surface area contributed by atoms with E-state index in [1.165, 1.54) is 0 Å². The fraction of sp³-hybridized carbons (Fsp3) is 0.0870. The van der Waals surface area contributed by atoms with E-state index in [2.05, 4.69) is 27.4 Å². The van der Waals surface area contributed by atoms with Gasteiger partial charge in [-0.15, -0.1) is 0 Å². The van der Waals surface area contributed by atoms with Gasteiger partial charge in [0, 0.05) is 18.1 Å². The standard InChI is InChI=1S/C23H20N4O2/c28-22(24-16-21-12-7-13-29-21)19-14-25-23(26-15-19)27(20-10-5-2-6-11-20)17-18-8-3-1-4-9-18/h1-15H,16-17H2,(H,24,28). The van der Waals surface area contributed by atoms with Gasteiger partial charge in [-0.25, -0.2) is 9.97 Å². The number of amides is 1. The van der Waals surface area contributed by atoms with Gasteiger partial charge in [-0.3, -0.25) is 4.79 Å². The molecule has 0 saturated heterocycles. The summed E-state index contributed by atoms with van der Waals surface area (Å²) in [6.45, 7) is 0.937. The molecule has 0 bridgehead atoms. The van der Waals surface area contributed by atoms with Crippen molar-refractivity contribution in [3.05, 3.63) is 108 Å². The maximum absolute atomic E-state index is 12.3. The number of nitrogens with zero attached hydrogens (tertiary/aromatic N) is 3. The third-order valence-corrected chi connectivity index (χ3v) is 4.40. The molecule has 29 heavy (non-hydrogen) atoms. The van der Waals surface area contributed by atoms with Crippen molar-refractivity contribution in [1.82, 2.24) is 15.3 Å². The smallest absolute Gasteiger partial charge is 0.254 e. The number of hydrogen-bond donors (Lipinski definition) is 1. The van der Waals surface area contributed by atoms with Crippen LogP contribution in [0.5, 0.6) is 0 Å². The van der Waals surface area contributed by atoms with E-state index in [4.69, 9.17) is 4.42 Å². The Morgan fingerprint density at radius 3 is 2.24 bits per heavy atom. The van der Waals surface area contributed by atoms with Crippen LogP contribution in [0.15, 0.2) is 95.9 Å². The molecule has 0 aliphatic carbocycles. The van der Waals surface area contributed by atoms with Crippen LogP contribution in [-0.2, 0) is 13.1 Å². The summed E-state index contributed by atoms with van der Waals surface area (Å²) in [7, 11) is 0. The van der Waals surface area contributed by atoms with Crippen molar-refractivity contribution in [2.45, 2.75) is 13.1 Å². The number of benzene rings is 2. The molecular formula is C23H20N4O2. The highest BCUT2D eigenvalue weighted by atomic mass is 16.3. The predicted octanol–water partition coefficient (Wildman–Crippen LogP) is 4.34. The van der Waals surface area contributed by atoms with Gasteiger partial charge in [-0.05, 0) is 29.8 Å². The van der Waals surface area contributed by atoms with Crippen molar-refractivity contribution in [3.8, 4) is 0 Å². The average Bonchev–Trinajstić information content (AvgIpc) is 3.31. The second kappa shape index (κ2) is 8.84. The van der Waals surface area contributed by atoms with Crippen LogP contribution < -0.4 is 10.2 Å². The van der Waals surface area contributed by atoms with E-state index in [0.29, 0.717) is 30.4 Å². The van der Waals surface area contributed by atoms with Gasteiger partial charge in [0.2, 0.25) is 5.95 Å². The van der Waals surface area contributed by atoms with Gasteiger partial charge in [-0.2, -0.15) is 0 Å². The Balaban J connectivity index is 1.52. The van der Waals surface area contributed by atoms with E-state index in [1.54, 1.807) is 30.8 Å². The molecule has 2 aromatic heterocycles. The minimum Gasteiger partial charge on any atom is -0.467 e. The first-order chi connectivity index (χ1) is 14.3. The lowest BCUT2D eigenvalue weighted by Crippen LogP contribution is -2.24. The zero-order valence-electron chi connectivity index (χ0n) is 15.7. The molecule has 0 fully saturated rings. The predicted molar refractivity (Wildman–Crippen MR) is 111 cm³/mol. The second-order valence-electron chi connectivity index (χ2n) is 6.44. The molecule has 1 N–H and O–H groups in total. The van der Waals surface area contributed by atoms with Gasteiger partial charge in [0.25, 0.3) is 5.91 Å². The average molecular weight is 384 g/mol. The van der Waals surface area contributed by atoms with Gasteiger partial charge in [0.15, 0.2) is 0 Å². The van der Waals surface area contributed by atoms with Gasteiger partial charge >= 0.3 is 0 Å². The monoisotopic (exact) mass is 384 g/mol. The van der Waals surface area contributed by atoms with Crippen LogP contribution in [0, 0.1) is 0 Å². The molecule has 4 rings (SSSR count). The van der Waals surface area contributed by atoms with Crippen LogP contribution in [0.25, 0.3) is 0 Å². The number of carbonyl (C=O) groups excluding carboxylic acids is 1. The maximum atomic E-state index is 12.3. The molecule has 2 aromatic carbocycles. The number of anilines is 2. The van der Waals surface area contributed by atoms with Crippen LogP contribution in [0.3, 0.4) is 0 Å². The molecule has 0 atom stereocenters. The first-order valence-electron chi connectivity index (χ1n) is 9.29. The maximum Gasteiger partial charge on any atom is 0.254 e. The highest BCUT2D eigenvalue weighted by Gasteiger charge is 2.14. The lowest BCUT2D eigenvalue weighted by atomic mass is 10.2. The van der Waals surface area contributed by atoms with Crippen molar-refractivity contribution in [2.24, 2.45) is 0 Å². The van der Waals surface area contributed by atoms with Crippen molar-refractivity contribution >= 4 is 17.5 Å². The molecule has 0 saturated carbocycles. The molecule has 1 amide bonds. The van der Waals surface area contributed by atoms with Crippen LogP contribution >= 0.6 is 0 Å². The minimum absolute atomic E-state index is 0.248. The topological polar surface area (TPSA) is 71.3 Å².